The van der Waals surface area contributed by atoms with Gasteiger partial charge in [-0.3, -0.25) is 9.48 Å². The van der Waals surface area contributed by atoms with Gasteiger partial charge in [0.2, 0.25) is 5.91 Å². The Bertz CT molecular complexity index is 1350. The number of aromatic nitrogens is 6. The first kappa shape index (κ1) is 22.1. The molecule has 176 valence electrons. The van der Waals surface area contributed by atoms with Gasteiger partial charge in [-0.25, -0.2) is 15.0 Å². The Balaban J connectivity index is 1.40. The number of aromatic amines is 1. The molecule has 4 aromatic rings. The molecule has 0 atom stereocenters. The Morgan fingerprint density at radius 2 is 1.97 bits per heavy atom. The topological polar surface area (TPSA) is 101 Å². The van der Waals surface area contributed by atoms with Crippen LogP contribution in [0.15, 0.2) is 36.9 Å². The molecule has 1 aliphatic carbocycles. The minimum absolute atomic E-state index is 0.229. The number of H-pyrrole nitrogens is 1. The zero-order valence-corrected chi connectivity index (χ0v) is 18.4. The van der Waals surface area contributed by atoms with Crippen LogP contribution in [0.2, 0.25) is 0 Å². The van der Waals surface area contributed by atoms with E-state index in [-0.39, 0.29) is 17.8 Å². The Hall–Kier alpha value is -3.76. The molecule has 3 aromatic heterocycles. The van der Waals surface area contributed by atoms with Crippen molar-refractivity contribution >= 4 is 22.9 Å². The average molecular weight is 469 g/mol. The van der Waals surface area contributed by atoms with E-state index < -0.39 is 17.6 Å². The van der Waals surface area contributed by atoms with E-state index >= 15 is 0 Å². The lowest BCUT2D eigenvalue weighted by molar-refractivity contribution is -0.137. The molecule has 2 N–H and O–H groups in total. The van der Waals surface area contributed by atoms with E-state index in [9.17, 15) is 18.0 Å². The van der Waals surface area contributed by atoms with Gasteiger partial charge >= 0.3 is 6.18 Å². The van der Waals surface area contributed by atoms with Crippen LogP contribution in [0.3, 0.4) is 0 Å². The van der Waals surface area contributed by atoms with E-state index in [4.69, 9.17) is 0 Å². The molecule has 0 bridgehead atoms. The summed E-state index contributed by atoms with van der Waals surface area (Å²) in [5, 5.41) is 6.72. The van der Waals surface area contributed by atoms with Crippen LogP contribution in [0.4, 0.5) is 19.0 Å². The van der Waals surface area contributed by atoms with Crippen molar-refractivity contribution < 1.29 is 18.0 Å². The third-order valence-corrected chi connectivity index (χ3v) is 6.03. The lowest BCUT2D eigenvalue weighted by Crippen LogP contribution is -2.16. The van der Waals surface area contributed by atoms with Gasteiger partial charge in [-0.05, 0) is 36.1 Å². The number of imidazole rings is 1. The second kappa shape index (κ2) is 8.54. The molecule has 0 aliphatic heterocycles. The number of rotatable bonds is 5. The first-order valence-electron chi connectivity index (χ1n) is 11.0. The molecule has 8 nitrogen and oxygen atoms in total. The maximum Gasteiger partial charge on any atom is 0.416 e. The lowest BCUT2D eigenvalue weighted by atomic mass is 9.99. The number of halogens is 3. The fourth-order valence-corrected chi connectivity index (χ4v) is 4.39. The molecule has 1 aliphatic rings. The van der Waals surface area contributed by atoms with Crippen molar-refractivity contribution in [3.63, 3.8) is 0 Å². The van der Waals surface area contributed by atoms with Gasteiger partial charge in [-0.1, -0.05) is 18.9 Å². The molecule has 1 fully saturated rings. The Kier molecular flexibility index (Phi) is 5.54. The van der Waals surface area contributed by atoms with Crippen LogP contribution in [0.25, 0.3) is 22.3 Å². The van der Waals surface area contributed by atoms with E-state index in [2.05, 4.69) is 30.4 Å². The van der Waals surface area contributed by atoms with Gasteiger partial charge in [0, 0.05) is 24.7 Å². The van der Waals surface area contributed by atoms with Crippen LogP contribution in [-0.4, -0.2) is 35.6 Å². The quantitative estimate of drug-likeness (QED) is 0.445. The fourth-order valence-electron chi connectivity index (χ4n) is 4.39. The van der Waals surface area contributed by atoms with Crippen LogP contribution in [0, 0.1) is 0 Å². The highest BCUT2D eigenvalue weighted by Gasteiger charge is 2.31. The number of nitrogens with zero attached hydrogens (tertiary/aromatic N) is 5. The minimum Gasteiger partial charge on any atom is -0.337 e. The summed E-state index contributed by atoms with van der Waals surface area (Å²) in [6, 6.07) is 3.61. The predicted octanol–water partition coefficient (Wildman–Crippen LogP) is 4.61. The van der Waals surface area contributed by atoms with E-state index in [1.807, 2.05) is 0 Å². The number of fused-ring (bicyclic) bond motifs is 1. The van der Waals surface area contributed by atoms with Crippen molar-refractivity contribution in [3.05, 3.63) is 53.9 Å². The SMILES string of the molecule is Cn1cc(-c2cc(CC(=O)Nc3ncnc4nc(C5CCCC5)[nH]c34)cc(C(F)(F)F)c2)cn1. The van der Waals surface area contributed by atoms with Crippen molar-refractivity contribution in [2.24, 2.45) is 7.05 Å². The Labute approximate surface area is 192 Å². The minimum atomic E-state index is -4.55. The van der Waals surface area contributed by atoms with E-state index in [0.29, 0.717) is 28.2 Å². The maximum atomic E-state index is 13.5. The summed E-state index contributed by atoms with van der Waals surface area (Å²) in [4.78, 5) is 28.9. The van der Waals surface area contributed by atoms with Gasteiger partial charge in [0.25, 0.3) is 0 Å². The van der Waals surface area contributed by atoms with Crippen LogP contribution >= 0.6 is 0 Å². The number of carbonyl (C=O) groups excluding carboxylic acids is 1. The number of hydrogen-bond donors (Lipinski definition) is 2. The van der Waals surface area contributed by atoms with Crippen LogP contribution in [0.5, 0.6) is 0 Å². The molecular weight excluding hydrogens is 447 g/mol. The molecular formula is C23H22F3N7O. The first-order chi connectivity index (χ1) is 16.3. The molecule has 0 radical (unpaired) electrons. The molecule has 1 aromatic carbocycles. The smallest absolute Gasteiger partial charge is 0.337 e. The molecule has 11 heteroatoms. The van der Waals surface area contributed by atoms with Gasteiger partial charge in [0.15, 0.2) is 11.5 Å². The van der Waals surface area contributed by atoms with Gasteiger partial charge in [-0.15, -0.1) is 0 Å². The summed E-state index contributed by atoms with van der Waals surface area (Å²) in [7, 11) is 1.68. The van der Waals surface area contributed by atoms with Gasteiger partial charge < -0.3 is 10.3 Å². The number of anilines is 1. The second-order valence-electron chi connectivity index (χ2n) is 8.57. The standard InChI is InChI=1S/C23H22F3N7O/c1-33-11-16(10-29-33)15-6-13(7-17(9-15)23(24,25)26)8-18(34)30-21-19-22(28-12-27-21)32-20(31-19)14-4-2-3-5-14/h6-7,9-12,14H,2-5,8H2,1H3,(H2,27,28,30,31,32,34). The second-order valence-corrected chi connectivity index (χ2v) is 8.57. The van der Waals surface area contributed by atoms with Crippen LogP contribution in [0.1, 0.15) is 48.6 Å². The zero-order chi connectivity index (χ0) is 23.9. The van der Waals surface area contributed by atoms with Crippen molar-refractivity contribution in [3.8, 4) is 11.1 Å². The number of aryl methyl sites for hydroxylation is 1. The van der Waals surface area contributed by atoms with Crippen LogP contribution < -0.4 is 5.32 Å². The summed E-state index contributed by atoms with van der Waals surface area (Å²) in [5.74, 6) is 0.913. The Morgan fingerprint density at radius 3 is 2.68 bits per heavy atom. The number of hydrogen-bond acceptors (Lipinski definition) is 5. The van der Waals surface area contributed by atoms with Crippen molar-refractivity contribution in [2.45, 2.75) is 44.2 Å². The van der Waals surface area contributed by atoms with Gasteiger partial charge in [0.1, 0.15) is 17.7 Å². The molecule has 1 amide bonds. The van der Waals surface area contributed by atoms with Gasteiger partial charge in [-0.2, -0.15) is 18.3 Å². The zero-order valence-electron chi connectivity index (χ0n) is 18.4. The molecule has 0 saturated heterocycles. The van der Waals surface area contributed by atoms with Crippen molar-refractivity contribution in [2.75, 3.05) is 5.32 Å². The number of carbonyl (C=O) groups is 1. The fraction of sp³-hybridized carbons (Fsp3) is 0.348. The summed E-state index contributed by atoms with van der Waals surface area (Å²) >= 11 is 0. The number of alkyl halides is 3. The molecule has 3 heterocycles. The third kappa shape index (κ3) is 4.50. The Morgan fingerprint density at radius 1 is 1.18 bits per heavy atom. The predicted molar refractivity (Wildman–Crippen MR) is 119 cm³/mol. The number of nitrogens with one attached hydrogen (secondary N) is 2. The largest absolute Gasteiger partial charge is 0.416 e. The molecule has 0 spiro atoms. The average Bonchev–Trinajstić information content (AvgIpc) is 3.53. The van der Waals surface area contributed by atoms with Crippen molar-refractivity contribution in [1.82, 2.24) is 29.7 Å². The summed E-state index contributed by atoms with van der Waals surface area (Å²) in [6.45, 7) is 0. The first-order valence-corrected chi connectivity index (χ1v) is 11.0. The molecule has 1 saturated carbocycles. The highest BCUT2D eigenvalue weighted by atomic mass is 19.4. The van der Waals surface area contributed by atoms with E-state index in [1.54, 1.807) is 19.3 Å². The van der Waals surface area contributed by atoms with Gasteiger partial charge in [0.05, 0.1) is 18.2 Å². The molecule has 5 rings (SSSR count). The molecule has 0 unspecified atom stereocenters. The molecule has 34 heavy (non-hydrogen) atoms. The highest BCUT2D eigenvalue weighted by molar-refractivity contribution is 5.97. The number of benzene rings is 1. The summed E-state index contributed by atoms with van der Waals surface area (Å²) < 4.78 is 42.0. The van der Waals surface area contributed by atoms with E-state index in [0.717, 1.165) is 43.6 Å². The monoisotopic (exact) mass is 469 g/mol. The maximum absolute atomic E-state index is 13.5. The third-order valence-electron chi connectivity index (χ3n) is 6.03. The lowest BCUT2D eigenvalue weighted by Gasteiger charge is -2.12. The highest BCUT2D eigenvalue weighted by Crippen LogP contribution is 2.35. The normalized spacial score (nSPS) is 14.7. The summed E-state index contributed by atoms with van der Waals surface area (Å²) in [5.41, 5.74) is 1.24. The van der Waals surface area contributed by atoms with Crippen LogP contribution in [-0.2, 0) is 24.4 Å². The number of amides is 1. The van der Waals surface area contributed by atoms with E-state index in [1.165, 1.54) is 17.2 Å². The summed E-state index contributed by atoms with van der Waals surface area (Å²) in [6.07, 6.45) is 3.99. The van der Waals surface area contributed by atoms with Crippen molar-refractivity contribution in [1.29, 1.82) is 0 Å².